The van der Waals surface area contributed by atoms with Gasteiger partial charge < -0.3 is 9.47 Å². The van der Waals surface area contributed by atoms with Crippen molar-refractivity contribution in [3.8, 4) is 0 Å². The van der Waals surface area contributed by atoms with Gasteiger partial charge in [0.15, 0.2) is 0 Å². The number of sulfonamides is 1. The molecular formula is C17H22ClNO6S. The van der Waals surface area contributed by atoms with E-state index in [-0.39, 0.29) is 15.5 Å². The molecule has 0 spiro atoms. The van der Waals surface area contributed by atoms with Crippen LogP contribution in [0.25, 0.3) is 0 Å². The van der Waals surface area contributed by atoms with Gasteiger partial charge in [-0.25, -0.2) is 17.9 Å². The van der Waals surface area contributed by atoms with Gasteiger partial charge in [0.05, 0.1) is 30.6 Å². The summed E-state index contributed by atoms with van der Waals surface area (Å²) in [6.07, 6.45) is 2.57. The molecule has 7 nitrogen and oxygen atoms in total. The number of ether oxygens (including phenoxy) is 2. The smallest absolute Gasteiger partial charge is 0.339 e. The highest BCUT2D eigenvalue weighted by molar-refractivity contribution is 7.89. The lowest BCUT2D eigenvalue weighted by atomic mass is 9.74. The number of hydrogen-bond donors (Lipinski definition) is 1. The minimum Gasteiger partial charge on any atom is -0.469 e. The summed E-state index contributed by atoms with van der Waals surface area (Å²) in [4.78, 5) is 23.8. The lowest BCUT2D eigenvalue weighted by Gasteiger charge is -2.40. The highest BCUT2D eigenvalue weighted by Gasteiger charge is 2.45. The van der Waals surface area contributed by atoms with Crippen LogP contribution < -0.4 is 4.72 Å². The number of benzene rings is 1. The predicted octanol–water partition coefficient (Wildman–Crippen LogP) is 2.53. The van der Waals surface area contributed by atoms with Gasteiger partial charge in [-0.2, -0.15) is 0 Å². The Hall–Kier alpha value is -1.64. The number of carbonyl (C=O) groups excluding carboxylic acids is 2. The van der Waals surface area contributed by atoms with Crippen LogP contribution in [0.3, 0.4) is 0 Å². The first-order valence-electron chi connectivity index (χ1n) is 8.14. The molecule has 0 amide bonds. The number of rotatable bonds is 5. The summed E-state index contributed by atoms with van der Waals surface area (Å²) in [5, 5.41) is 0.163. The van der Waals surface area contributed by atoms with Gasteiger partial charge in [-0.3, -0.25) is 4.79 Å². The molecule has 1 aromatic carbocycles. The molecule has 1 aromatic rings. The van der Waals surface area contributed by atoms with E-state index in [1.807, 2.05) is 0 Å². The Bertz CT molecular complexity index is 809. The van der Waals surface area contributed by atoms with Crippen LogP contribution in [0.2, 0.25) is 5.02 Å². The van der Waals surface area contributed by atoms with Gasteiger partial charge >= 0.3 is 11.9 Å². The van der Waals surface area contributed by atoms with Crippen molar-refractivity contribution in [2.75, 3.05) is 14.2 Å². The van der Waals surface area contributed by atoms with E-state index in [4.69, 9.17) is 16.3 Å². The summed E-state index contributed by atoms with van der Waals surface area (Å²) in [5.74, 6) is -1.87. The van der Waals surface area contributed by atoms with Crippen LogP contribution >= 0.6 is 11.6 Å². The molecule has 2 atom stereocenters. The molecular weight excluding hydrogens is 382 g/mol. The Kier molecular flexibility index (Phi) is 6.31. The lowest BCUT2D eigenvalue weighted by Crippen LogP contribution is -2.55. The van der Waals surface area contributed by atoms with E-state index >= 15 is 0 Å². The Balaban J connectivity index is 2.46. The molecule has 9 heteroatoms. The number of halogens is 1. The van der Waals surface area contributed by atoms with E-state index in [9.17, 15) is 18.0 Å². The molecule has 1 saturated carbocycles. The SMILES string of the molecule is COC(=O)c1ccc(Cl)cc1S(=O)(=O)NC1(C)CCCCC1C(=O)OC. The molecule has 0 radical (unpaired) electrons. The average Bonchev–Trinajstić information content (AvgIpc) is 2.60. The summed E-state index contributed by atoms with van der Waals surface area (Å²) < 4.78 is 38.1. The molecule has 1 aliphatic rings. The fourth-order valence-electron chi connectivity index (χ4n) is 3.33. The van der Waals surface area contributed by atoms with Crippen molar-refractivity contribution in [1.29, 1.82) is 0 Å². The topological polar surface area (TPSA) is 98.8 Å². The molecule has 0 aliphatic heterocycles. The molecule has 2 rings (SSSR count). The second-order valence-electron chi connectivity index (χ2n) is 6.48. The van der Waals surface area contributed by atoms with Crippen molar-refractivity contribution in [3.63, 3.8) is 0 Å². The number of carbonyl (C=O) groups is 2. The zero-order chi connectivity index (χ0) is 19.5. The first-order chi connectivity index (χ1) is 12.1. The molecule has 1 N–H and O–H groups in total. The third-order valence-electron chi connectivity index (χ3n) is 4.70. The van der Waals surface area contributed by atoms with Crippen LogP contribution in [-0.4, -0.2) is 40.1 Å². The van der Waals surface area contributed by atoms with Gasteiger partial charge in [-0.1, -0.05) is 24.4 Å². The minimum absolute atomic E-state index is 0.126. The fraction of sp³-hybridized carbons (Fsp3) is 0.529. The summed E-state index contributed by atoms with van der Waals surface area (Å²) in [7, 11) is -1.71. The Morgan fingerprint density at radius 1 is 1.23 bits per heavy atom. The van der Waals surface area contributed by atoms with Gasteiger partial charge in [0.2, 0.25) is 10.0 Å². The average molecular weight is 404 g/mol. The fourth-order valence-corrected chi connectivity index (χ4v) is 5.26. The van der Waals surface area contributed by atoms with Crippen molar-refractivity contribution in [2.24, 2.45) is 5.92 Å². The van der Waals surface area contributed by atoms with E-state index in [0.717, 1.165) is 20.0 Å². The van der Waals surface area contributed by atoms with Crippen molar-refractivity contribution >= 4 is 33.6 Å². The second-order valence-corrected chi connectivity index (χ2v) is 8.56. The third kappa shape index (κ3) is 4.19. The highest BCUT2D eigenvalue weighted by atomic mass is 35.5. The number of esters is 2. The van der Waals surface area contributed by atoms with Crippen LogP contribution in [-0.2, 0) is 24.3 Å². The highest BCUT2D eigenvalue weighted by Crippen LogP contribution is 2.36. The van der Waals surface area contributed by atoms with E-state index < -0.39 is 33.4 Å². The Morgan fingerprint density at radius 3 is 2.54 bits per heavy atom. The van der Waals surface area contributed by atoms with E-state index in [1.54, 1.807) is 6.92 Å². The standard InChI is InChI=1S/C17H22ClNO6S/c1-17(9-5-4-6-13(17)16(21)25-3)19-26(22,23)14-10-11(18)7-8-12(14)15(20)24-2/h7-8,10,13,19H,4-6,9H2,1-3H3. The Labute approximate surface area is 158 Å². The maximum absolute atomic E-state index is 13.0. The molecule has 1 fully saturated rings. The van der Waals surface area contributed by atoms with Crippen LogP contribution in [0.1, 0.15) is 43.0 Å². The lowest BCUT2D eigenvalue weighted by molar-refractivity contribution is -0.149. The number of nitrogens with one attached hydrogen (secondary N) is 1. The molecule has 0 heterocycles. The van der Waals surface area contributed by atoms with E-state index in [2.05, 4.69) is 9.46 Å². The molecule has 144 valence electrons. The minimum atomic E-state index is -4.14. The summed E-state index contributed by atoms with van der Waals surface area (Å²) in [6, 6.07) is 3.89. The van der Waals surface area contributed by atoms with Gasteiger partial charge in [0, 0.05) is 10.6 Å². The maximum atomic E-state index is 13.0. The molecule has 0 saturated heterocycles. The van der Waals surface area contributed by atoms with E-state index in [1.165, 1.54) is 25.3 Å². The number of hydrogen-bond acceptors (Lipinski definition) is 6. The largest absolute Gasteiger partial charge is 0.469 e. The Morgan fingerprint density at radius 2 is 1.92 bits per heavy atom. The first-order valence-corrected chi connectivity index (χ1v) is 10.0. The van der Waals surface area contributed by atoms with Gasteiger partial charge in [0.1, 0.15) is 0 Å². The maximum Gasteiger partial charge on any atom is 0.339 e. The van der Waals surface area contributed by atoms with Gasteiger partial charge in [-0.15, -0.1) is 0 Å². The van der Waals surface area contributed by atoms with Crippen molar-refractivity contribution in [3.05, 3.63) is 28.8 Å². The van der Waals surface area contributed by atoms with Crippen molar-refractivity contribution in [2.45, 2.75) is 43.0 Å². The monoisotopic (exact) mass is 403 g/mol. The van der Waals surface area contributed by atoms with Crippen molar-refractivity contribution in [1.82, 2.24) is 4.72 Å². The van der Waals surface area contributed by atoms with Crippen LogP contribution in [0.5, 0.6) is 0 Å². The molecule has 26 heavy (non-hydrogen) atoms. The zero-order valence-corrected chi connectivity index (χ0v) is 16.4. The predicted molar refractivity (Wildman–Crippen MR) is 95.5 cm³/mol. The molecule has 2 unspecified atom stereocenters. The van der Waals surface area contributed by atoms with Gasteiger partial charge in [-0.05, 0) is 38.0 Å². The normalized spacial score (nSPS) is 23.3. The second kappa shape index (κ2) is 7.94. The summed E-state index contributed by atoms with van der Waals surface area (Å²) >= 11 is 5.93. The third-order valence-corrected chi connectivity index (χ3v) is 6.59. The number of methoxy groups -OCH3 is 2. The summed E-state index contributed by atoms with van der Waals surface area (Å²) in [5.41, 5.74) is -1.15. The first kappa shape index (κ1) is 20.7. The van der Waals surface area contributed by atoms with E-state index in [0.29, 0.717) is 12.8 Å². The van der Waals surface area contributed by atoms with Crippen LogP contribution in [0.15, 0.2) is 23.1 Å². The van der Waals surface area contributed by atoms with Crippen LogP contribution in [0.4, 0.5) is 0 Å². The molecule has 0 bridgehead atoms. The van der Waals surface area contributed by atoms with Crippen molar-refractivity contribution < 1.29 is 27.5 Å². The molecule has 0 aromatic heterocycles. The van der Waals surface area contributed by atoms with Gasteiger partial charge in [0.25, 0.3) is 0 Å². The summed E-state index contributed by atoms with van der Waals surface area (Å²) in [6.45, 7) is 1.67. The molecule has 1 aliphatic carbocycles. The van der Waals surface area contributed by atoms with Crippen LogP contribution in [0, 0.1) is 5.92 Å². The quantitative estimate of drug-likeness (QED) is 0.758. The zero-order valence-electron chi connectivity index (χ0n) is 14.9.